The van der Waals surface area contributed by atoms with Gasteiger partial charge in [-0.1, -0.05) is 18.2 Å². The van der Waals surface area contributed by atoms with Gasteiger partial charge in [-0.25, -0.2) is 0 Å². The van der Waals surface area contributed by atoms with Gasteiger partial charge in [0, 0.05) is 30.4 Å². The second-order valence-corrected chi connectivity index (χ2v) is 4.73. The van der Waals surface area contributed by atoms with Crippen LogP contribution in [0, 0.1) is 0 Å². The topological polar surface area (TPSA) is 34.1 Å². The van der Waals surface area contributed by atoms with E-state index >= 15 is 0 Å². The van der Waals surface area contributed by atoms with Crippen molar-refractivity contribution in [3.8, 4) is 0 Å². The van der Waals surface area contributed by atoms with Crippen LogP contribution in [0.3, 0.4) is 0 Å². The minimum atomic E-state index is 0.450. The van der Waals surface area contributed by atoms with E-state index in [9.17, 15) is 0 Å². The maximum atomic E-state index is 5.63. The van der Waals surface area contributed by atoms with Crippen LogP contribution >= 0.6 is 0 Å². The van der Waals surface area contributed by atoms with Crippen molar-refractivity contribution in [1.82, 2.24) is 4.98 Å². The molecule has 0 radical (unpaired) electrons. The van der Waals surface area contributed by atoms with Crippen LogP contribution in [0.25, 0.3) is 10.9 Å². The second-order valence-electron chi connectivity index (χ2n) is 4.73. The van der Waals surface area contributed by atoms with Gasteiger partial charge in [-0.05, 0) is 31.4 Å². The maximum absolute atomic E-state index is 5.63. The van der Waals surface area contributed by atoms with Crippen molar-refractivity contribution in [3.05, 3.63) is 36.5 Å². The molecule has 3 heteroatoms. The fourth-order valence-electron chi connectivity index (χ4n) is 2.49. The molecule has 2 heterocycles. The van der Waals surface area contributed by atoms with E-state index in [4.69, 9.17) is 4.74 Å². The van der Waals surface area contributed by atoms with Crippen LogP contribution in [0.4, 0.5) is 5.69 Å². The van der Waals surface area contributed by atoms with Crippen LogP contribution in [0.1, 0.15) is 19.3 Å². The summed E-state index contributed by atoms with van der Waals surface area (Å²) >= 11 is 0. The Morgan fingerprint density at radius 2 is 2.22 bits per heavy atom. The smallest absolute Gasteiger partial charge is 0.0722 e. The maximum Gasteiger partial charge on any atom is 0.0722 e. The Morgan fingerprint density at radius 3 is 3.11 bits per heavy atom. The lowest BCUT2D eigenvalue weighted by Gasteiger charge is -2.12. The third-order valence-electron chi connectivity index (χ3n) is 3.45. The number of anilines is 1. The zero-order valence-corrected chi connectivity index (χ0v) is 10.4. The predicted molar refractivity (Wildman–Crippen MR) is 73.8 cm³/mol. The molecule has 0 bridgehead atoms. The Kier molecular flexibility index (Phi) is 3.42. The molecular weight excluding hydrogens is 224 g/mol. The summed E-state index contributed by atoms with van der Waals surface area (Å²) in [6.07, 6.45) is 5.81. The average Bonchev–Trinajstić information content (AvgIpc) is 2.92. The van der Waals surface area contributed by atoms with Crippen LogP contribution in [-0.4, -0.2) is 24.2 Å². The molecule has 1 unspecified atom stereocenters. The lowest BCUT2D eigenvalue weighted by molar-refractivity contribution is 0.107. The number of pyridine rings is 1. The van der Waals surface area contributed by atoms with Crippen molar-refractivity contribution in [2.75, 3.05) is 18.5 Å². The SMILES string of the molecule is c1ccc2c(NCCC3CCCO3)ccnc2c1. The lowest BCUT2D eigenvalue weighted by atomic mass is 10.1. The summed E-state index contributed by atoms with van der Waals surface area (Å²) in [6.45, 7) is 1.89. The number of hydrogen-bond donors (Lipinski definition) is 1. The van der Waals surface area contributed by atoms with Gasteiger partial charge in [-0.3, -0.25) is 4.98 Å². The zero-order chi connectivity index (χ0) is 12.2. The molecule has 3 rings (SSSR count). The Bertz CT molecular complexity index is 515. The highest BCUT2D eigenvalue weighted by Crippen LogP contribution is 2.21. The lowest BCUT2D eigenvalue weighted by Crippen LogP contribution is -2.12. The van der Waals surface area contributed by atoms with E-state index in [0.717, 1.165) is 25.1 Å². The zero-order valence-electron chi connectivity index (χ0n) is 10.4. The fraction of sp³-hybridized carbons (Fsp3) is 0.400. The quantitative estimate of drug-likeness (QED) is 0.894. The standard InChI is InChI=1S/C15H18N2O/c1-2-6-14-13(5-1)15(8-10-17-14)16-9-7-12-4-3-11-18-12/h1-2,5-6,8,10,12H,3-4,7,9,11H2,(H,16,17). The van der Waals surface area contributed by atoms with Crippen molar-refractivity contribution in [2.45, 2.75) is 25.4 Å². The first-order valence-electron chi connectivity index (χ1n) is 6.63. The highest BCUT2D eigenvalue weighted by Gasteiger charge is 2.14. The summed E-state index contributed by atoms with van der Waals surface area (Å²) in [5.41, 5.74) is 2.21. The highest BCUT2D eigenvalue weighted by molar-refractivity contribution is 5.90. The summed E-state index contributed by atoms with van der Waals surface area (Å²) in [5, 5.41) is 4.68. The average molecular weight is 242 g/mol. The van der Waals surface area contributed by atoms with Crippen LogP contribution in [-0.2, 0) is 4.74 Å². The van der Waals surface area contributed by atoms with E-state index in [-0.39, 0.29) is 0 Å². The molecule has 18 heavy (non-hydrogen) atoms. The second kappa shape index (κ2) is 5.36. The van der Waals surface area contributed by atoms with Gasteiger partial charge in [0.2, 0.25) is 0 Å². The predicted octanol–water partition coefficient (Wildman–Crippen LogP) is 3.22. The molecule has 2 aromatic rings. The van der Waals surface area contributed by atoms with Crippen LogP contribution in [0.5, 0.6) is 0 Å². The minimum Gasteiger partial charge on any atom is -0.384 e. The van der Waals surface area contributed by atoms with Gasteiger partial charge >= 0.3 is 0 Å². The number of para-hydroxylation sites is 1. The molecule has 1 N–H and O–H groups in total. The number of nitrogens with one attached hydrogen (secondary N) is 1. The molecule has 1 fully saturated rings. The first kappa shape index (κ1) is 11.5. The van der Waals surface area contributed by atoms with Crippen molar-refractivity contribution in [2.24, 2.45) is 0 Å². The van der Waals surface area contributed by atoms with Gasteiger partial charge in [-0.2, -0.15) is 0 Å². The monoisotopic (exact) mass is 242 g/mol. The summed E-state index contributed by atoms with van der Waals surface area (Å²) in [6, 6.07) is 10.3. The number of ether oxygens (including phenoxy) is 1. The molecular formula is C15H18N2O. The van der Waals surface area contributed by atoms with Gasteiger partial charge in [0.15, 0.2) is 0 Å². The van der Waals surface area contributed by atoms with Crippen molar-refractivity contribution in [1.29, 1.82) is 0 Å². The molecule has 0 aliphatic carbocycles. The summed E-state index contributed by atoms with van der Waals surface area (Å²) in [7, 11) is 0. The van der Waals surface area contributed by atoms with Crippen molar-refractivity contribution >= 4 is 16.6 Å². The van der Waals surface area contributed by atoms with Gasteiger partial charge in [0.1, 0.15) is 0 Å². The van der Waals surface area contributed by atoms with Crippen LogP contribution < -0.4 is 5.32 Å². The van der Waals surface area contributed by atoms with E-state index in [2.05, 4.69) is 22.4 Å². The Morgan fingerprint density at radius 1 is 1.28 bits per heavy atom. The molecule has 1 atom stereocenters. The van der Waals surface area contributed by atoms with E-state index in [1.165, 1.54) is 23.9 Å². The Hall–Kier alpha value is -1.61. The van der Waals surface area contributed by atoms with E-state index in [1.54, 1.807) is 0 Å². The number of hydrogen-bond acceptors (Lipinski definition) is 3. The van der Waals surface area contributed by atoms with E-state index in [0.29, 0.717) is 6.10 Å². The van der Waals surface area contributed by atoms with Gasteiger partial charge in [-0.15, -0.1) is 0 Å². The molecule has 0 spiro atoms. The first-order valence-corrected chi connectivity index (χ1v) is 6.63. The molecule has 1 aliphatic rings. The van der Waals surface area contributed by atoms with Gasteiger partial charge < -0.3 is 10.1 Å². The molecule has 1 saturated heterocycles. The number of benzene rings is 1. The third-order valence-corrected chi connectivity index (χ3v) is 3.45. The Balaban J connectivity index is 1.66. The number of nitrogens with zero attached hydrogens (tertiary/aromatic N) is 1. The molecule has 1 aromatic carbocycles. The fourth-order valence-corrected chi connectivity index (χ4v) is 2.49. The van der Waals surface area contributed by atoms with Crippen LogP contribution in [0.15, 0.2) is 36.5 Å². The number of aromatic nitrogens is 1. The minimum absolute atomic E-state index is 0.450. The van der Waals surface area contributed by atoms with E-state index in [1.807, 2.05) is 24.4 Å². The number of fused-ring (bicyclic) bond motifs is 1. The van der Waals surface area contributed by atoms with Crippen molar-refractivity contribution in [3.63, 3.8) is 0 Å². The summed E-state index contributed by atoms with van der Waals surface area (Å²) in [4.78, 5) is 4.36. The van der Waals surface area contributed by atoms with Crippen molar-refractivity contribution < 1.29 is 4.74 Å². The summed E-state index contributed by atoms with van der Waals surface area (Å²) < 4.78 is 5.63. The molecule has 94 valence electrons. The largest absolute Gasteiger partial charge is 0.384 e. The molecule has 1 aromatic heterocycles. The molecule has 1 aliphatic heterocycles. The number of rotatable bonds is 4. The van der Waals surface area contributed by atoms with Crippen LogP contribution in [0.2, 0.25) is 0 Å². The Labute approximate surface area is 107 Å². The molecule has 0 saturated carbocycles. The molecule has 0 amide bonds. The third kappa shape index (κ3) is 2.46. The van der Waals surface area contributed by atoms with Gasteiger partial charge in [0.25, 0.3) is 0 Å². The van der Waals surface area contributed by atoms with Gasteiger partial charge in [0.05, 0.1) is 11.6 Å². The summed E-state index contributed by atoms with van der Waals surface area (Å²) in [5.74, 6) is 0. The first-order chi connectivity index (χ1) is 8.93. The van der Waals surface area contributed by atoms with E-state index < -0.39 is 0 Å². The highest BCUT2D eigenvalue weighted by atomic mass is 16.5. The molecule has 3 nitrogen and oxygen atoms in total. The normalized spacial score (nSPS) is 19.2.